The van der Waals surface area contributed by atoms with Crippen LogP contribution in [0.15, 0.2) is 0 Å². The SMILES string of the molecule is COC(=O)c1nc(C(C)O)c(F)c(N)c1Cl. The van der Waals surface area contributed by atoms with Crippen molar-refractivity contribution >= 4 is 23.3 Å². The fourth-order valence-electron chi connectivity index (χ4n) is 1.09. The highest BCUT2D eigenvalue weighted by Gasteiger charge is 2.23. The first-order chi connectivity index (χ1) is 7.40. The maximum absolute atomic E-state index is 13.5. The number of carbonyl (C=O) groups excluding carboxylic acids is 1. The van der Waals surface area contributed by atoms with E-state index in [2.05, 4.69) is 9.72 Å². The van der Waals surface area contributed by atoms with E-state index in [0.29, 0.717) is 0 Å². The lowest BCUT2D eigenvalue weighted by Gasteiger charge is -2.11. The lowest BCUT2D eigenvalue weighted by molar-refractivity contribution is 0.0593. The molecule has 1 heterocycles. The van der Waals surface area contributed by atoms with Crippen molar-refractivity contribution in [1.29, 1.82) is 0 Å². The van der Waals surface area contributed by atoms with Crippen LogP contribution < -0.4 is 5.73 Å². The van der Waals surface area contributed by atoms with Gasteiger partial charge in [0.15, 0.2) is 11.5 Å². The number of ether oxygens (including phenoxy) is 1. The van der Waals surface area contributed by atoms with Crippen LogP contribution in [0.25, 0.3) is 0 Å². The summed E-state index contributed by atoms with van der Waals surface area (Å²) in [4.78, 5) is 14.8. The maximum atomic E-state index is 13.5. The second-order valence-electron chi connectivity index (χ2n) is 3.05. The van der Waals surface area contributed by atoms with Gasteiger partial charge in [-0.05, 0) is 6.92 Å². The summed E-state index contributed by atoms with van der Waals surface area (Å²) in [5.74, 6) is -1.79. The Morgan fingerprint density at radius 1 is 1.69 bits per heavy atom. The van der Waals surface area contributed by atoms with Crippen molar-refractivity contribution in [2.24, 2.45) is 0 Å². The molecule has 3 N–H and O–H groups in total. The van der Waals surface area contributed by atoms with E-state index in [-0.39, 0.29) is 16.4 Å². The van der Waals surface area contributed by atoms with E-state index in [9.17, 15) is 14.3 Å². The average Bonchev–Trinajstić information content (AvgIpc) is 2.25. The molecular formula is C9H10ClFN2O3. The summed E-state index contributed by atoms with van der Waals surface area (Å²) >= 11 is 5.64. The lowest BCUT2D eigenvalue weighted by atomic mass is 10.2. The Labute approximate surface area is 96.0 Å². The number of hydrogen-bond donors (Lipinski definition) is 2. The van der Waals surface area contributed by atoms with Crippen LogP contribution in [-0.4, -0.2) is 23.2 Å². The molecule has 0 aliphatic carbocycles. The second kappa shape index (κ2) is 4.63. The van der Waals surface area contributed by atoms with Crippen LogP contribution in [0.3, 0.4) is 0 Å². The Kier molecular flexibility index (Phi) is 3.66. The van der Waals surface area contributed by atoms with Gasteiger partial charge in [-0.2, -0.15) is 0 Å². The molecule has 1 aromatic heterocycles. The van der Waals surface area contributed by atoms with Gasteiger partial charge in [0.2, 0.25) is 0 Å². The Morgan fingerprint density at radius 2 is 2.25 bits per heavy atom. The molecule has 0 radical (unpaired) electrons. The van der Waals surface area contributed by atoms with Gasteiger partial charge in [-0.25, -0.2) is 14.2 Å². The van der Waals surface area contributed by atoms with E-state index in [4.69, 9.17) is 17.3 Å². The van der Waals surface area contributed by atoms with Gasteiger partial charge < -0.3 is 15.6 Å². The van der Waals surface area contributed by atoms with Crippen molar-refractivity contribution in [3.05, 3.63) is 22.2 Å². The maximum Gasteiger partial charge on any atom is 0.358 e. The largest absolute Gasteiger partial charge is 0.464 e. The third-order valence-corrected chi connectivity index (χ3v) is 2.30. The molecular weight excluding hydrogens is 239 g/mol. The molecule has 0 bridgehead atoms. The molecule has 0 saturated heterocycles. The van der Waals surface area contributed by atoms with Crippen LogP contribution in [0.1, 0.15) is 29.2 Å². The minimum atomic E-state index is -1.21. The summed E-state index contributed by atoms with van der Waals surface area (Å²) < 4.78 is 17.9. The van der Waals surface area contributed by atoms with Crippen LogP contribution >= 0.6 is 11.6 Å². The highest BCUT2D eigenvalue weighted by atomic mass is 35.5. The fraction of sp³-hybridized carbons (Fsp3) is 0.333. The minimum absolute atomic E-state index is 0.320. The Bertz CT molecular complexity index is 437. The molecule has 88 valence electrons. The summed E-state index contributed by atoms with van der Waals surface area (Å²) in [5.41, 5.74) is 4.25. The molecule has 0 fully saturated rings. The highest BCUT2D eigenvalue weighted by molar-refractivity contribution is 6.35. The van der Waals surface area contributed by atoms with Crippen LogP contribution in [0.4, 0.5) is 10.1 Å². The summed E-state index contributed by atoms with van der Waals surface area (Å²) in [7, 11) is 1.13. The zero-order chi connectivity index (χ0) is 12.5. The molecule has 5 nitrogen and oxygen atoms in total. The third-order valence-electron chi connectivity index (χ3n) is 1.91. The summed E-state index contributed by atoms with van der Waals surface area (Å²) in [5, 5.41) is 8.92. The smallest absolute Gasteiger partial charge is 0.358 e. The molecule has 0 saturated carbocycles. The molecule has 7 heteroatoms. The Hall–Kier alpha value is -1.40. The number of nitrogens with zero attached hydrogens (tertiary/aromatic N) is 1. The van der Waals surface area contributed by atoms with Crippen molar-refractivity contribution in [1.82, 2.24) is 4.98 Å². The second-order valence-corrected chi connectivity index (χ2v) is 3.43. The number of anilines is 1. The fourth-order valence-corrected chi connectivity index (χ4v) is 1.29. The monoisotopic (exact) mass is 248 g/mol. The summed E-state index contributed by atoms with van der Waals surface area (Å²) in [6.45, 7) is 1.29. The number of pyridine rings is 1. The van der Waals surface area contributed by atoms with E-state index >= 15 is 0 Å². The number of aliphatic hydroxyl groups excluding tert-OH is 1. The zero-order valence-electron chi connectivity index (χ0n) is 8.62. The molecule has 1 rings (SSSR count). The van der Waals surface area contributed by atoms with Crippen LogP contribution in [-0.2, 0) is 4.74 Å². The molecule has 0 amide bonds. The number of methoxy groups -OCH3 is 1. The minimum Gasteiger partial charge on any atom is -0.464 e. The summed E-state index contributed by atoms with van der Waals surface area (Å²) in [6.07, 6.45) is -1.21. The molecule has 1 unspecified atom stereocenters. The van der Waals surface area contributed by atoms with Crippen molar-refractivity contribution < 1.29 is 19.0 Å². The van der Waals surface area contributed by atoms with E-state index < -0.39 is 23.6 Å². The Morgan fingerprint density at radius 3 is 2.69 bits per heavy atom. The number of halogens is 2. The standard InChI is InChI=1S/C9H10ClFN2O3/c1-3(14)7-5(11)6(12)4(10)8(13-7)9(15)16-2/h3,14H,1-2H3,(H2,12,13). The van der Waals surface area contributed by atoms with Crippen molar-refractivity contribution in [2.45, 2.75) is 13.0 Å². The number of carbonyl (C=O) groups is 1. The van der Waals surface area contributed by atoms with Gasteiger partial charge >= 0.3 is 5.97 Å². The quantitative estimate of drug-likeness (QED) is 0.771. The zero-order valence-corrected chi connectivity index (χ0v) is 9.38. The molecule has 0 aliphatic heterocycles. The molecule has 1 aromatic rings. The topological polar surface area (TPSA) is 85.4 Å². The molecule has 0 spiro atoms. The number of rotatable bonds is 2. The first kappa shape index (κ1) is 12.7. The number of aromatic nitrogens is 1. The van der Waals surface area contributed by atoms with Gasteiger partial charge in [0.1, 0.15) is 5.69 Å². The molecule has 0 aromatic carbocycles. The van der Waals surface area contributed by atoms with Crippen LogP contribution in [0, 0.1) is 5.82 Å². The molecule has 1 atom stereocenters. The van der Waals surface area contributed by atoms with Gasteiger partial charge in [0, 0.05) is 0 Å². The van der Waals surface area contributed by atoms with Crippen molar-refractivity contribution in [2.75, 3.05) is 12.8 Å². The van der Waals surface area contributed by atoms with Crippen molar-refractivity contribution in [3.63, 3.8) is 0 Å². The average molecular weight is 249 g/mol. The molecule has 16 heavy (non-hydrogen) atoms. The van der Waals surface area contributed by atoms with Crippen molar-refractivity contribution in [3.8, 4) is 0 Å². The molecule has 0 aliphatic rings. The number of hydrogen-bond acceptors (Lipinski definition) is 5. The van der Waals surface area contributed by atoms with Gasteiger partial charge in [-0.1, -0.05) is 11.6 Å². The van der Waals surface area contributed by atoms with E-state index in [0.717, 1.165) is 7.11 Å². The highest BCUT2D eigenvalue weighted by Crippen LogP contribution is 2.29. The van der Waals surface area contributed by atoms with Crippen LogP contribution in [0.2, 0.25) is 5.02 Å². The van der Waals surface area contributed by atoms with Gasteiger partial charge in [-0.3, -0.25) is 0 Å². The third kappa shape index (κ3) is 2.07. The lowest BCUT2D eigenvalue weighted by Crippen LogP contribution is -2.13. The number of nitrogens with two attached hydrogens (primary N) is 1. The first-order valence-electron chi connectivity index (χ1n) is 4.30. The Balaban J connectivity index is 3.47. The van der Waals surface area contributed by atoms with Gasteiger partial charge in [0.25, 0.3) is 0 Å². The number of nitrogen functional groups attached to an aromatic ring is 1. The van der Waals surface area contributed by atoms with Crippen LogP contribution in [0.5, 0.6) is 0 Å². The predicted octanol–water partition coefficient (Wildman–Crippen LogP) is 1.30. The van der Waals surface area contributed by atoms with E-state index in [1.165, 1.54) is 6.92 Å². The predicted molar refractivity (Wildman–Crippen MR) is 55.6 cm³/mol. The van der Waals surface area contributed by atoms with Gasteiger partial charge in [0.05, 0.1) is 23.9 Å². The number of esters is 1. The van der Waals surface area contributed by atoms with Gasteiger partial charge in [-0.15, -0.1) is 0 Å². The number of aliphatic hydroxyl groups is 1. The first-order valence-corrected chi connectivity index (χ1v) is 4.68. The van der Waals surface area contributed by atoms with E-state index in [1.54, 1.807) is 0 Å². The normalized spacial score (nSPS) is 12.3. The summed E-state index contributed by atoms with van der Waals surface area (Å²) in [6, 6.07) is 0. The van der Waals surface area contributed by atoms with E-state index in [1.807, 2.05) is 0 Å².